The van der Waals surface area contributed by atoms with Crippen LogP contribution in [0, 0.1) is 5.41 Å². The Balaban J connectivity index is 2.01. The Labute approximate surface area is 122 Å². The Hall–Kier alpha value is -1.62. The fourth-order valence-electron chi connectivity index (χ4n) is 2.66. The van der Waals surface area contributed by atoms with Crippen LogP contribution in [0.2, 0.25) is 5.15 Å². The van der Waals surface area contributed by atoms with E-state index in [2.05, 4.69) is 10.3 Å². The molecule has 1 aliphatic carbocycles. The van der Waals surface area contributed by atoms with Gasteiger partial charge in [-0.2, -0.15) is 0 Å². The third-order valence-electron chi connectivity index (χ3n) is 3.77. The first-order valence-corrected chi connectivity index (χ1v) is 7.04. The van der Waals surface area contributed by atoms with Gasteiger partial charge in [-0.05, 0) is 25.0 Å². The van der Waals surface area contributed by atoms with Crippen molar-refractivity contribution in [1.82, 2.24) is 4.98 Å². The molecule has 1 aromatic rings. The molecule has 0 bridgehead atoms. The molecule has 1 amide bonds. The highest BCUT2D eigenvalue weighted by Crippen LogP contribution is 2.39. The molecule has 1 heterocycles. The van der Waals surface area contributed by atoms with E-state index in [1.807, 2.05) is 0 Å². The normalized spacial score (nSPS) is 17.4. The summed E-state index contributed by atoms with van der Waals surface area (Å²) < 4.78 is 0. The minimum Gasteiger partial charge on any atom is -0.481 e. The quantitative estimate of drug-likeness (QED) is 0.837. The maximum absolute atomic E-state index is 12.0. The van der Waals surface area contributed by atoms with Crippen LogP contribution in [0.3, 0.4) is 0 Å². The van der Waals surface area contributed by atoms with Crippen molar-refractivity contribution in [2.24, 2.45) is 5.41 Å². The van der Waals surface area contributed by atoms with Crippen molar-refractivity contribution in [3.05, 3.63) is 23.5 Å². The summed E-state index contributed by atoms with van der Waals surface area (Å²) in [6.07, 6.45) is 5.35. The maximum atomic E-state index is 12.0. The number of hydrogen-bond acceptors (Lipinski definition) is 3. The minimum atomic E-state index is -0.914. The second-order valence-corrected chi connectivity index (χ2v) is 5.63. The molecule has 6 heteroatoms. The van der Waals surface area contributed by atoms with Crippen molar-refractivity contribution in [2.75, 3.05) is 5.32 Å². The Morgan fingerprint density at radius 1 is 1.30 bits per heavy atom. The summed E-state index contributed by atoms with van der Waals surface area (Å²) in [4.78, 5) is 27.4. The Morgan fingerprint density at radius 2 is 2.00 bits per heavy atom. The smallest absolute Gasteiger partial charge is 0.310 e. The van der Waals surface area contributed by atoms with E-state index < -0.39 is 11.4 Å². The van der Waals surface area contributed by atoms with Crippen molar-refractivity contribution in [2.45, 2.75) is 38.5 Å². The first kappa shape index (κ1) is 14.8. The number of carbonyl (C=O) groups excluding carboxylic acids is 1. The van der Waals surface area contributed by atoms with Crippen molar-refractivity contribution in [3.63, 3.8) is 0 Å². The maximum Gasteiger partial charge on any atom is 0.310 e. The molecular formula is C14H17ClN2O3. The number of pyridine rings is 1. The monoisotopic (exact) mass is 296 g/mol. The van der Waals surface area contributed by atoms with Crippen molar-refractivity contribution < 1.29 is 14.7 Å². The van der Waals surface area contributed by atoms with E-state index in [4.69, 9.17) is 11.6 Å². The molecule has 108 valence electrons. The predicted octanol–water partition coefficient (Wildman–Crippen LogP) is 3.10. The lowest BCUT2D eigenvalue weighted by molar-refractivity contribution is -0.153. The molecule has 0 aromatic carbocycles. The molecule has 0 saturated heterocycles. The number of rotatable bonds is 4. The van der Waals surface area contributed by atoms with Gasteiger partial charge in [0.05, 0.1) is 17.3 Å². The third kappa shape index (κ3) is 3.48. The van der Waals surface area contributed by atoms with Crippen molar-refractivity contribution >= 4 is 29.2 Å². The van der Waals surface area contributed by atoms with E-state index in [1.165, 1.54) is 6.20 Å². The molecule has 0 unspecified atom stereocenters. The number of aromatic nitrogens is 1. The Bertz CT molecular complexity index is 496. The van der Waals surface area contributed by atoms with Crippen LogP contribution in [0.5, 0.6) is 0 Å². The highest BCUT2D eigenvalue weighted by Gasteiger charge is 2.41. The van der Waals surface area contributed by atoms with Gasteiger partial charge in [-0.3, -0.25) is 9.59 Å². The number of carboxylic acids is 1. The number of anilines is 1. The number of amides is 1. The average molecular weight is 297 g/mol. The summed E-state index contributed by atoms with van der Waals surface area (Å²) >= 11 is 5.67. The zero-order valence-electron chi connectivity index (χ0n) is 11.1. The molecule has 1 aromatic heterocycles. The molecule has 0 radical (unpaired) electrons. The number of halogens is 1. The van der Waals surface area contributed by atoms with Gasteiger partial charge in [-0.25, -0.2) is 4.98 Å². The number of nitrogens with zero attached hydrogens (tertiary/aromatic N) is 1. The summed E-state index contributed by atoms with van der Waals surface area (Å²) in [5.41, 5.74) is -0.391. The largest absolute Gasteiger partial charge is 0.481 e. The predicted molar refractivity (Wildman–Crippen MR) is 75.6 cm³/mol. The van der Waals surface area contributed by atoms with Crippen LogP contribution in [-0.4, -0.2) is 22.0 Å². The average Bonchev–Trinajstić information content (AvgIpc) is 2.42. The summed E-state index contributed by atoms with van der Waals surface area (Å²) in [5, 5.41) is 12.4. The summed E-state index contributed by atoms with van der Waals surface area (Å²) in [6.45, 7) is 0. The Morgan fingerprint density at radius 3 is 2.55 bits per heavy atom. The van der Waals surface area contributed by atoms with Crippen LogP contribution < -0.4 is 5.32 Å². The first-order valence-electron chi connectivity index (χ1n) is 6.67. The van der Waals surface area contributed by atoms with Crippen LogP contribution in [0.25, 0.3) is 0 Å². The number of hydrogen-bond donors (Lipinski definition) is 2. The van der Waals surface area contributed by atoms with Gasteiger partial charge < -0.3 is 10.4 Å². The topological polar surface area (TPSA) is 79.3 Å². The van der Waals surface area contributed by atoms with Gasteiger partial charge >= 0.3 is 5.97 Å². The molecule has 1 saturated carbocycles. The molecule has 1 fully saturated rings. The minimum absolute atomic E-state index is 0.00492. The molecule has 20 heavy (non-hydrogen) atoms. The van der Waals surface area contributed by atoms with E-state index in [0.717, 1.165) is 19.3 Å². The van der Waals surface area contributed by atoms with Crippen LogP contribution in [-0.2, 0) is 9.59 Å². The number of aliphatic carboxylic acids is 1. The van der Waals surface area contributed by atoms with E-state index in [0.29, 0.717) is 23.7 Å². The fourth-order valence-corrected chi connectivity index (χ4v) is 2.77. The summed E-state index contributed by atoms with van der Waals surface area (Å²) in [6, 6.07) is 3.21. The number of carbonyl (C=O) groups is 2. The van der Waals surface area contributed by atoms with Crippen LogP contribution in [0.15, 0.2) is 18.3 Å². The molecule has 2 rings (SSSR count). The molecule has 2 N–H and O–H groups in total. The van der Waals surface area contributed by atoms with Gasteiger partial charge in [-0.15, -0.1) is 0 Å². The van der Waals surface area contributed by atoms with E-state index in [-0.39, 0.29) is 12.3 Å². The van der Waals surface area contributed by atoms with Gasteiger partial charge in [0.2, 0.25) is 5.91 Å². The second kappa shape index (κ2) is 6.22. The third-order valence-corrected chi connectivity index (χ3v) is 4.00. The molecule has 0 aliphatic heterocycles. The van der Waals surface area contributed by atoms with Crippen LogP contribution in [0.1, 0.15) is 38.5 Å². The molecule has 5 nitrogen and oxygen atoms in total. The van der Waals surface area contributed by atoms with Crippen molar-refractivity contribution in [3.8, 4) is 0 Å². The van der Waals surface area contributed by atoms with E-state index in [1.54, 1.807) is 12.1 Å². The molecular weight excluding hydrogens is 280 g/mol. The zero-order chi connectivity index (χ0) is 14.6. The molecule has 0 atom stereocenters. The lowest BCUT2D eigenvalue weighted by Gasteiger charge is -2.32. The number of nitrogens with one attached hydrogen (secondary N) is 1. The first-order chi connectivity index (χ1) is 9.52. The Kier molecular flexibility index (Phi) is 4.60. The van der Waals surface area contributed by atoms with Gasteiger partial charge in [0.25, 0.3) is 0 Å². The molecule has 0 spiro atoms. The van der Waals surface area contributed by atoms with Gasteiger partial charge in [0, 0.05) is 6.42 Å². The summed E-state index contributed by atoms with van der Waals surface area (Å²) in [7, 11) is 0. The van der Waals surface area contributed by atoms with Crippen LogP contribution >= 0.6 is 11.6 Å². The second-order valence-electron chi connectivity index (χ2n) is 5.24. The highest BCUT2D eigenvalue weighted by atomic mass is 35.5. The fraction of sp³-hybridized carbons (Fsp3) is 0.500. The lowest BCUT2D eigenvalue weighted by atomic mass is 9.71. The highest BCUT2D eigenvalue weighted by molar-refractivity contribution is 6.29. The SMILES string of the molecule is O=C(CC1(C(=O)O)CCCCC1)Nc1ccc(Cl)nc1. The molecule has 1 aliphatic rings. The van der Waals surface area contributed by atoms with Gasteiger partial charge in [-0.1, -0.05) is 30.9 Å². The van der Waals surface area contributed by atoms with Gasteiger partial charge in [0.1, 0.15) is 5.15 Å². The van der Waals surface area contributed by atoms with E-state index >= 15 is 0 Å². The zero-order valence-corrected chi connectivity index (χ0v) is 11.8. The van der Waals surface area contributed by atoms with Crippen LogP contribution in [0.4, 0.5) is 5.69 Å². The van der Waals surface area contributed by atoms with Gasteiger partial charge in [0.15, 0.2) is 0 Å². The standard InChI is InChI=1S/C14H17ClN2O3/c15-11-5-4-10(9-16-11)17-12(18)8-14(13(19)20)6-2-1-3-7-14/h4-5,9H,1-3,6-8H2,(H,17,18)(H,19,20). The van der Waals surface area contributed by atoms with Crippen molar-refractivity contribution in [1.29, 1.82) is 0 Å². The lowest BCUT2D eigenvalue weighted by Crippen LogP contribution is -2.37. The van der Waals surface area contributed by atoms with E-state index in [9.17, 15) is 14.7 Å². The summed E-state index contributed by atoms with van der Waals surface area (Å²) in [5.74, 6) is -1.17. The number of carboxylic acid groups (broad SMARTS) is 1.